The molecule has 0 saturated carbocycles. The first kappa shape index (κ1) is 18.7. The molecule has 0 aliphatic heterocycles. The minimum Gasteiger partial charge on any atom is -0.408 e. The Hall–Kier alpha value is -3.10. The summed E-state index contributed by atoms with van der Waals surface area (Å²) in [6, 6.07) is 8.94. The molecule has 0 radical (unpaired) electrons. The van der Waals surface area contributed by atoms with Gasteiger partial charge in [0.2, 0.25) is 5.91 Å². The second kappa shape index (κ2) is 7.26. The van der Waals surface area contributed by atoms with Crippen molar-refractivity contribution in [3.63, 3.8) is 0 Å². The van der Waals surface area contributed by atoms with Gasteiger partial charge in [0.05, 0.1) is 11.1 Å². The molecule has 3 aromatic rings. The summed E-state index contributed by atoms with van der Waals surface area (Å²) in [5, 5.41) is 2.35. The van der Waals surface area contributed by atoms with Crippen LogP contribution in [0.4, 0.5) is 17.6 Å². The van der Waals surface area contributed by atoms with E-state index in [4.69, 9.17) is 4.42 Å². The van der Waals surface area contributed by atoms with Gasteiger partial charge in [-0.3, -0.25) is 9.36 Å². The summed E-state index contributed by atoms with van der Waals surface area (Å²) >= 11 is 0. The highest BCUT2D eigenvalue weighted by Crippen LogP contribution is 2.32. The van der Waals surface area contributed by atoms with Crippen LogP contribution in [-0.2, 0) is 24.1 Å². The smallest absolute Gasteiger partial charge is 0.408 e. The highest BCUT2D eigenvalue weighted by molar-refractivity contribution is 5.76. The summed E-state index contributed by atoms with van der Waals surface area (Å²) in [5.74, 6) is -2.19. The Kier molecular flexibility index (Phi) is 5.02. The van der Waals surface area contributed by atoms with Crippen molar-refractivity contribution in [3.8, 4) is 0 Å². The summed E-state index contributed by atoms with van der Waals surface area (Å²) in [6.45, 7) is -0.397. The summed E-state index contributed by atoms with van der Waals surface area (Å²) in [7, 11) is 0. The topological polar surface area (TPSA) is 64.2 Å². The van der Waals surface area contributed by atoms with Crippen LogP contribution in [0.25, 0.3) is 11.1 Å². The molecule has 0 spiro atoms. The maximum absolute atomic E-state index is 13.1. The third-order valence-corrected chi connectivity index (χ3v) is 3.99. The molecular formula is C18H14F4N2O3. The first-order valence-electron chi connectivity index (χ1n) is 7.96. The van der Waals surface area contributed by atoms with Gasteiger partial charge >= 0.3 is 11.9 Å². The number of amides is 1. The number of carbonyl (C=O) groups is 1. The lowest BCUT2D eigenvalue weighted by Gasteiger charge is -2.13. The first-order valence-corrected chi connectivity index (χ1v) is 7.96. The molecule has 0 saturated heterocycles. The van der Waals surface area contributed by atoms with E-state index < -0.39 is 35.8 Å². The van der Waals surface area contributed by atoms with Gasteiger partial charge in [-0.05, 0) is 29.8 Å². The number of alkyl halides is 3. The van der Waals surface area contributed by atoms with Gasteiger partial charge in [-0.15, -0.1) is 0 Å². The molecule has 0 fully saturated rings. The molecule has 0 aliphatic carbocycles. The van der Waals surface area contributed by atoms with Crippen LogP contribution in [-0.4, -0.2) is 10.5 Å². The Labute approximate surface area is 150 Å². The van der Waals surface area contributed by atoms with Gasteiger partial charge in [-0.25, -0.2) is 9.18 Å². The Morgan fingerprint density at radius 2 is 1.89 bits per heavy atom. The number of halogens is 4. The zero-order chi connectivity index (χ0) is 19.6. The van der Waals surface area contributed by atoms with E-state index in [1.165, 1.54) is 4.57 Å². The number of benzene rings is 2. The number of carbonyl (C=O) groups excluding carboxylic acids is 1. The lowest BCUT2D eigenvalue weighted by molar-refractivity contribution is -0.138. The predicted molar refractivity (Wildman–Crippen MR) is 88.3 cm³/mol. The van der Waals surface area contributed by atoms with Crippen molar-refractivity contribution in [2.45, 2.75) is 25.7 Å². The van der Waals surface area contributed by atoms with Crippen LogP contribution in [0, 0.1) is 5.82 Å². The number of hydrogen-bond donors (Lipinski definition) is 1. The van der Waals surface area contributed by atoms with E-state index in [2.05, 4.69) is 5.32 Å². The van der Waals surface area contributed by atoms with Crippen LogP contribution in [0.2, 0.25) is 0 Å². The van der Waals surface area contributed by atoms with E-state index in [9.17, 15) is 27.2 Å². The van der Waals surface area contributed by atoms with Crippen LogP contribution in [0.5, 0.6) is 0 Å². The van der Waals surface area contributed by atoms with E-state index in [-0.39, 0.29) is 18.5 Å². The maximum Gasteiger partial charge on any atom is 0.419 e. The number of nitrogens with one attached hydrogen (secondary N) is 1. The number of fused-ring (bicyclic) bond motifs is 1. The van der Waals surface area contributed by atoms with Crippen molar-refractivity contribution in [2.24, 2.45) is 0 Å². The van der Waals surface area contributed by atoms with Crippen molar-refractivity contribution in [1.29, 1.82) is 0 Å². The molecular weight excluding hydrogens is 368 g/mol. The molecule has 0 unspecified atom stereocenters. The minimum atomic E-state index is -4.73. The van der Waals surface area contributed by atoms with Crippen molar-refractivity contribution in [2.75, 3.05) is 0 Å². The summed E-state index contributed by atoms with van der Waals surface area (Å²) < 4.78 is 58.3. The molecule has 9 heteroatoms. The summed E-state index contributed by atoms with van der Waals surface area (Å²) in [6.07, 6.45) is -4.86. The Bertz CT molecular complexity index is 1040. The highest BCUT2D eigenvalue weighted by atomic mass is 19.4. The van der Waals surface area contributed by atoms with E-state index in [1.54, 1.807) is 24.3 Å². The van der Waals surface area contributed by atoms with Crippen molar-refractivity contribution in [3.05, 3.63) is 70.0 Å². The molecule has 1 N–H and O–H groups in total. The normalized spacial score (nSPS) is 11.7. The van der Waals surface area contributed by atoms with E-state index in [0.29, 0.717) is 17.2 Å². The molecule has 0 atom stereocenters. The predicted octanol–water partition coefficient (Wildman–Crippen LogP) is 3.46. The van der Waals surface area contributed by atoms with Gasteiger partial charge in [0.25, 0.3) is 0 Å². The number of oxazole rings is 1. The van der Waals surface area contributed by atoms with E-state index >= 15 is 0 Å². The fourth-order valence-electron chi connectivity index (χ4n) is 2.69. The molecule has 27 heavy (non-hydrogen) atoms. The van der Waals surface area contributed by atoms with Crippen LogP contribution in [0.1, 0.15) is 17.5 Å². The first-order chi connectivity index (χ1) is 12.8. The van der Waals surface area contributed by atoms with Crippen molar-refractivity contribution >= 4 is 17.0 Å². The van der Waals surface area contributed by atoms with Gasteiger partial charge < -0.3 is 9.73 Å². The molecule has 2 aromatic carbocycles. The zero-order valence-corrected chi connectivity index (χ0v) is 13.8. The van der Waals surface area contributed by atoms with E-state index in [1.807, 2.05) is 0 Å². The zero-order valence-electron chi connectivity index (χ0n) is 13.8. The number of rotatable bonds is 5. The third kappa shape index (κ3) is 4.18. The lowest BCUT2D eigenvalue weighted by atomic mass is 10.1. The lowest BCUT2D eigenvalue weighted by Crippen LogP contribution is -2.27. The highest BCUT2D eigenvalue weighted by Gasteiger charge is 2.33. The number of aromatic nitrogens is 1. The van der Waals surface area contributed by atoms with Crippen molar-refractivity contribution < 1.29 is 26.8 Å². The Morgan fingerprint density at radius 1 is 1.15 bits per heavy atom. The molecule has 5 nitrogen and oxygen atoms in total. The van der Waals surface area contributed by atoms with Crippen LogP contribution < -0.4 is 11.1 Å². The van der Waals surface area contributed by atoms with Gasteiger partial charge in [0.1, 0.15) is 5.82 Å². The van der Waals surface area contributed by atoms with Gasteiger partial charge in [-0.1, -0.05) is 18.2 Å². The van der Waals surface area contributed by atoms with Gasteiger partial charge in [0.15, 0.2) is 5.58 Å². The minimum absolute atomic E-state index is 0.0111. The number of para-hydroxylation sites is 2. The number of aryl methyl sites for hydroxylation is 1. The van der Waals surface area contributed by atoms with Crippen LogP contribution in [0.15, 0.2) is 51.7 Å². The summed E-state index contributed by atoms with van der Waals surface area (Å²) in [4.78, 5) is 23.8. The Morgan fingerprint density at radius 3 is 2.63 bits per heavy atom. The quantitative estimate of drug-likeness (QED) is 0.688. The third-order valence-electron chi connectivity index (χ3n) is 3.99. The van der Waals surface area contributed by atoms with E-state index in [0.717, 1.165) is 12.1 Å². The molecule has 1 aromatic heterocycles. The van der Waals surface area contributed by atoms with Gasteiger partial charge in [0, 0.05) is 19.5 Å². The molecule has 3 rings (SSSR count). The SMILES string of the molecule is O=C(CCn1c(=O)oc2ccccc21)NCc1ccc(F)cc1C(F)(F)F. The second-order valence-corrected chi connectivity index (χ2v) is 5.81. The maximum atomic E-state index is 13.1. The second-order valence-electron chi connectivity index (χ2n) is 5.81. The fourth-order valence-corrected chi connectivity index (χ4v) is 2.69. The fraction of sp³-hybridized carbons (Fsp3) is 0.222. The Balaban J connectivity index is 1.66. The molecule has 142 valence electrons. The van der Waals surface area contributed by atoms with Gasteiger partial charge in [-0.2, -0.15) is 13.2 Å². The molecule has 0 aliphatic rings. The molecule has 1 heterocycles. The van der Waals surface area contributed by atoms with Crippen molar-refractivity contribution in [1.82, 2.24) is 9.88 Å². The average molecular weight is 382 g/mol. The largest absolute Gasteiger partial charge is 0.419 e. The summed E-state index contributed by atoms with van der Waals surface area (Å²) in [5.41, 5.74) is -0.486. The monoisotopic (exact) mass is 382 g/mol. The average Bonchev–Trinajstić information content (AvgIpc) is 2.93. The van der Waals surface area contributed by atoms with Crippen LogP contribution in [0.3, 0.4) is 0 Å². The standard InChI is InChI=1S/C18H14F4N2O3/c19-12-6-5-11(13(9-12)18(20,21)22)10-23-16(25)7-8-24-14-3-1-2-4-15(14)27-17(24)26/h1-6,9H,7-8,10H2,(H,23,25). The number of nitrogens with zero attached hydrogens (tertiary/aromatic N) is 1. The molecule has 1 amide bonds. The number of hydrogen-bond acceptors (Lipinski definition) is 3. The van der Waals surface area contributed by atoms with Crippen LogP contribution >= 0.6 is 0 Å². The molecule has 0 bridgehead atoms.